The molecule has 2 aromatic heterocycles. The number of para-hydroxylation sites is 1. The fourth-order valence-corrected chi connectivity index (χ4v) is 9.21. The molecule has 1 aliphatic rings. The number of benzene rings is 6. The van der Waals surface area contributed by atoms with Crippen molar-refractivity contribution in [2.75, 3.05) is 0 Å². The molecule has 0 atom stereocenters. The molecule has 1 N–H and O–H groups in total. The summed E-state index contributed by atoms with van der Waals surface area (Å²) in [6.45, 7) is 24.6. The van der Waals surface area contributed by atoms with Crippen LogP contribution in [0.4, 0.5) is 0 Å². The first-order chi connectivity index (χ1) is 28.8. The molecule has 0 aliphatic heterocycles. The topological polar surface area (TPSA) is 50.9 Å². The molecule has 6 aromatic carbocycles. The Labute approximate surface area is 382 Å². The molecule has 1 aliphatic carbocycles. The van der Waals surface area contributed by atoms with Crippen molar-refractivity contribution in [1.29, 1.82) is 0 Å². The van der Waals surface area contributed by atoms with Gasteiger partial charge in [-0.05, 0) is 85.5 Å². The minimum atomic E-state index is -0.317. The summed E-state index contributed by atoms with van der Waals surface area (Å²) in [6, 6.07) is 49.3. The number of aromatic hydroxyl groups is 1. The van der Waals surface area contributed by atoms with Gasteiger partial charge in [-0.1, -0.05) is 166 Å². The van der Waals surface area contributed by atoms with Crippen LogP contribution in [0, 0.1) is 6.07 Å². The molecule has 0 unspecified atom stereocenters. The number of hydrogen-bond donors (Lipinski definition) is 1. The van der Waals surface area contributed by atoms with E-state index in [9.17, 15) is 5.11 Å². The molecule has 5 heteroatoms. The van der Waals surface area contributed by atoms with Crippen LogP contribution in [0.5, 0.6) is 5.75 Å². The molecule has 0 saturated heterocycles. The van der Waals surface area contributed by atoms with E-state index in [1.165, 1.54) is 27.8 Å². The van der Waals surface area contributed by atoms with Gasteiger partial charge < -0.3 is 5.11 Å². The standard InChI is InChI=1S/C57H56N3O.Pt/c1-54(2,3)38-27-28-47(42(32-38)35-19-13-12-14-20-35)60-48-26-18-24-40(51(48)59-53(60)43-33-39(55(4,5)6)34-46(52(43)61)56(7,8)9)36-21-17-22-37(31-36)50-49-41-23-15-16-25-44(41)57(10,11)45(49)29-30-58-50;/h12-30,32-34,61H,1-11H3;/q-1;. The summed E-state index contributed by atoms with van der Waals surface area (Å²) in [5.74, 6) is 0.946. The Bertz CT molecular complexity index is 3010. The number of phenols is 1. The van der Waals surface area contributed by atoms with Gasteiger partial charge in [0, 0.05) is 49.5 Å². The third-order valence-corrected chi connectivity index (χ3v) is 12.7. The van der Waals surface area contributed by atoms with Crippen LogP contribution in [0.1, 0.15) is 104 Å². The number of nitrogens with zero attached hydrogens (tertiary/aromatic N) is 3. The Hall–Kier alpha value is -5.57. The SMILES string of the molecule is CC(C)(C)c1ccc(-n2c(-c3cc(C(C)(C)C)cc(C(C)(C)C)c3O)nc3c(-c4[c-]c(-c5nccc6c5-c5ccccc5C6(C)C)ccc4)cccc32)c(-c2ccccc2)c1.[Pt]. The molecule has 9 rings (SSSR count). The van der Waals surface area contributed by atoms with Crippen LogP contribution in [0.15, 0.2) is 134 Å². The van der Waals surface area contributed by atoms with Gasteiger partial charge in [0.25, 0.3) is 0 Å². The molecule has 4 nitrogen and oxygen atoms in total. The predicted octanol–water partition coefficient (Wildman–Crippen LogP) is 14.8. The molecule has 0 amide bonds. The Morgan fingerprint density at radius 2 is 1.23 bits per heavy atom. The fourth-order valence-electron chi connectivity index (χ4n) is 9.21. The van der Waals surface area contributed by atoms with Gasteiger partial charge in [0.1, 0.15) is 11.6 Å². The molecule has 0 saturated carbocycles. The third kappa shape index (κ3) is 7.25. The molecule has 0 bridgehead atoms. The van der Waals surface area contributed by atoms with Crippen molar-refractivity contribution in [1.82, 2.24) is 14.5 Å². The zero-order valence-electron chi connectivity index (χ0n) is 37.8. The van der Waals surface area contributed by atoms with Gasteiger partial charge in [0.15, 0.2) is 0 Å². The normalized spacial score (nSPS) is 13.5. The van der Waals surface area contributed by atoms with E-state index in [0.29, 0.717) is 11.4 Å². The van der Waals surface area contributed by atoms with Crippen LogP contribution in [-0.4, -0.2) is 19.6 Å². The van der Waals surface area contributed by atoms with E-state index < -0.39 is 0 Å². The van der Waals surface area contributed by atoms with Gasteiger partial charge in [-0.2, -0.15) is 0 Å². The smallest absolute Gasteiger partial charge is 0.148 e. The maximum absolute atomic E-state index is 12.5. The van der Waals surface area contributed by atoms with Gasteiger partial charge in [0.2, 0.25) is 0 Å². The second kappa shape index (κ2) is 15.3. The zero-order chi connectivity index (χ0) is 43.2. The molecule has 0 spiro atoms. The van der Waals surface area contributed by atoms with Crippen molar-refractivity contribution < 1.29 is 26.2 Å². The molecular formula is C57H56N3OPt-. The van der Waals surface area contributed by atoms with Crippen molar-refractivity contribution in [2.45, 2.75) is 97.8 Å². The van der Waals surface area contributed by atoms with Crippen LogP contribution in [0.3, 0.4) is 0 Å². The summed E-state index contributed by atoms with van der Waals surface area (Å²) < 4.78 is 2.27. The third-order valence-electron chi connectivity index (χ3n) is 12.7. The Kier molecular flexibility index (Phi) is 10.7. The predicted molar refractivity (Wildman–Crippen MR) is 255 cm³/mol. The van der Waals surface area contributed by atoms with Gasteiger partial charge in [0.05, 0.1) is 22.3 Å². The number of pyridine rings is 1. The molecular weight excluding hydrogens is 938 g/mol. The number of aromatic nitrogens is 3. The maximum atomic E-state index is 12.5. The van der Waals surface area contributed by atoms with Crippen molar-refractivity contribution in [2.24, 2.45) is 0 Å². The van der Waals surface area contributed by atoms with E-state index in [-0.39, 0.29) is 48.5 Å². The van der Waals surface area contributed by atoms with Crippen molar-refractivity contribution in [3.8, 4) is 67.5 Å². The summed E-state index contributed by atoms with van der Waals surface area (Å²) in [5, 5.41) is 12.5. The van der Waals surface area contributed by atoms with Crippen molar-refractivity contribution in [3.63, 3.8) is 0 Å². The van der Waals surface area contributed by atoms with Gasteiger partial charge in [-0.3, -0.25) is 9.55 Å². The van der Waals surface area contributed by atoms with E-state index >= 15 is 0 Å². The van der Waals surface area contributed by atoms with E-state index in [4.69, 9.17) is 9.97 Å². The first-order valence-electron chi connectivity index (χ1n) is 21.6. The monoisotopic (exact) mass is 993 g/mol. The van der Waals surface area contributed by atoms with Crippen LogP contribution in [-0.2, 0) is 42.7 Å². The van der Waals surface area contributed by atoms with Crippen LogP contribution < -0.4 is 0 Å². The average Bonchev–Trinajstić information content (AvgIpc) is 3.72. The minimum absolute atomic E-state index is 0. The fraction of sp³-hybridized carbons (Fsp3) is 0.263. The van der Waals surface area contributed by atoms with Crippen molar-refractivity contribution in [3.05, 3.63) is 167 Å². The number of hydrogen-bond acceptors (Lipinski definition) is 3. The number of imidazole rings is 1. The Morgan fingerprint density at radius 1 is 0.581 bits per heavy atom. The van der Waals surface area contributed by atoms with Gasteiger partial charge in [-0.15, -0.1) is 29.8 Å². The van der Waals surface area contributed by atoms with Crippen LogP contribution in [0.25, 0.3) is 72.7 Å². The molecule has 0 radical (unpaired) electrons. The quantitative estimate of drug-likeness (QED) is 0.175. The van der Waals surface area contributed by atoms with E-state index in [2.05, 4.69) is 214 Å². The Balaban J connectivity index is 0.00000529. The van der Waals surface area contributed by atoms with E-state index in [0.717, 1.165) is 61.4 Å². The van der Waals surface area contributed by atoms with E-state index in [1.54, 1.807) is 0 Å². The van der Waals surface area contributed by atoms with Crippen LogP contribution in [0.2, 0.25) is 0 Å². The summed E-state index contributed by atoms with van der Waals surface area (Å²) in [7, 11) is 0. The number of phenolic OH excluding ortho intramolecular Hbond substituents is 1. The summed E-state index contributed by atoms with van der Waals surface area (Å²) in [5.41, 5.74) is 17.0. The second-order valence-corrected chi connectivity index (χ2v) is 20.4. The molecule has 316 valence electrons. The Morgan fingerprint density at radius 3 is 1.94 bits per heavy atom. The minimum Gasteiger partial charge on any atom is -0.507 e. The zero-order valence-corrected chi connectivity index (χ0v) is 40.1. The first-order valence-corrected chi connectivity index (χ1v) is 21.6. The second-order valence-electron chi connectivity index (χ2n) is 20.4. The molecule has 8 aromatic rings. The number of rotatable bonds is 5. The van der Waals surface area contributed by atoms with Crippen molar-refractivity contribution >= 4 is 11.0 Å². The summed E-state index contributed by atoms with van der Waals surface area (Å²) >= 11 is 0. The summed E-state index contributed by atoms with van der Waals surface area (Å²) in [6.07, 6.45) is 1.94. The average molecular weight is 994 g/mol. The van der Waals surface area contributed by atoms with E-state index in [1.807, 2.05) is 6.20 Å². The number of fused-ring (bicyclic) bond motifs is 4. The molecule has 2 heterocycles. The maximum Gasteiger partial charge on any atom is 0.148 e. The van der Waals surface area contributed by atoms with Gasteiger partial charge >= 0.3 is 0 Å². The first kappa shape index (κ1) is 43.1. The summed E-state index contributed by atoms with van der Waals surface area (Å²) in [4.78, 5) is 10.7. The molecule has 62 heavy (non-hydrogen) atoms. The van der Waals surface area contributed by atoms with Gasteiger partial charge in [-0.25, -0.2) is 4.98 Å². The molecule has 0 fully saturated rings. The van der Waals surface area contributed by atoms with Crippen LogP contribution >= 0.6 is 0 Å². The largest absolute Gasteiger partial charge is 0.507 e.